The number of benzene rings is 2. The molecule has 0 unspecified atom stereocenters. The second-order valence-electron chi connectivity index (χ2n) is 9.81. The number of aromatic nitrogens is 3. The fourth-order valence-corrected chi connectivity index (χ4v) is 3.69. The molecule has 0 aliphatic heterocycles. The van der Waals surface area contributed by atoms with Crippen LogP contribution in [0.4, 0.5) is 16.3 Å². The van der Waals surface area contributed by atoms with Crippen molar-refractivity contribution in [2.45, 2.75) is 39.2 Å². The van der Waals surface area contributed by atoms with Crippen molar-refractivity contribution in [3.05, 3.63) is 95.9 Å². The second-order valence-corrected chi connectivity index (χ2v) is 9.81. The van der Waals surface area contributed by atoms with Gasteiger partial charge in [-0.25, -0.2) is 9.48 Å². The largest absolute Gasteiger partial charge is 0.493 e. The summed E-state index contributed by atoms with van der Waals surface area (Å²) in [7, 11) is 0. The molecule has 0 aliphatic carbocycles. The number of rotatable bonds is 10. The zero-order chi connectivity index (χ0) is 27.0. The van der Waals surface area contributed by atoms with E-state index in [9.17, 15) is 9.59 Å². The monoisotopic (exact) mass is 512 g/mol. The maximum atomic E-state index is 12.9. The summed E-state index contributed by atoms with van der Waals surface area (Å²) in [6.45, 7) is 7.18. The molecule has 9 heteroatoms. The van der Waals surface area contributed by atoms with Gasteiger partial charge in [0.25, 0.3) is 0 Å². The number of hydrogen-bond donors (Lipinski definition) is 3. The Bertz CT molecular complexity index is 1340. The Kier molecular flexibility index (Phi) is 8.37. The van der Waals surface area contributed by atoms with E-state index < -0.39 is 0 Å². The van der Waals surface area contributed by atoms with Crippen LogP contribution in [0, 0.1) is 0 Å². The van der Waals surface area contributed by atoms with E-state index in [1.54, 1.807) is 23.0 Å². The predicted molar refractivity (Wildman–Crippen MR) is 148 cm³/mol. The summed E-state index contributed by atoms with van der Waals surface area (Å²) in [5.74, 6) is 1.26. The molecule has 3 N–H and O–H groups in total. The van der Waals surface area contributed by atoms with Crippen LogP contribution in [0.2, 0.25) is 0 Å². The summed E-state index contributed by atoms with van der Waals surface area (Å²) in [5, 5.41) is 13.2. The lowest BCUT2D eigenvalue weighted by Crippen LogP contribution is -2.21. The fourth-order valence-electron chi connectivity index (χ4n) is 3.69. The first-order chi connectivity index (χ1) is 18.3. The molecule has 2 heterocycles. The first kappa shape index (κ1) is 26.4. The SMILES string of the molecule is CC(C)(C)c1cc(NC(=O)Nc2ccc(OCCc3cccnc3)cc2)n(-c2ccc(CNC=O)cc2)n1. The molecule has 0 saturated heterocycles. The van der Waals surface area contributed by atoms with Gasteiger partial charge < -0.3 is 15.4 Å². The molecule has 0 saturated carbocycles. The Labute approximate surface area is 222 Å². The molecule has 4 aromatic rings. The molecule has 2 aromatic carbocycles. The molecule has 9 nitrogen and oxygen atoms in total. The maximum absolute atomic E-state index is 12.9. The molecule has 0 bridgehead atoms. The van der Waals surface area contributed by atoms with Crippen LogP contribution in [0.3, 0.4) is 0 Å². The minimum atomic E-state index is -0.386. The summed E-state index contributed by atoms with van der Waals surface area (Å²) in [5.41, 5.74) is 4.13. The molecule has 2 aromatic heterocycles. The van der Waals surface area contributed by atoms with Gasteiger partial charge in [0.05, 0.1) is 18.0 Å². The molecule has 0 aliphatic rings. The van der Waals surface area contributed by atoms with Gasteiger partial charge in [-0.05, 0) is 53.6 Å². The van der Waals surface area contributed by atoms with Gasteiger partial charge in [-0.3, -0.25) is 15.1 Å². The molecule has 3 amide bonds. The number of nitrogens with zero attached hydrogens (tertiary/aromatic N) is 3. The Morgan fingerprint density at radius 2 is 1.76 bits per heavy atom. The molecule has 38 heavy (non-hydrogen) atoms. The quantitative estimate of drug-likeness (QED) is 0.257. The van der Waals surface area contributed by atoms with E-state index in [2.05, 4.69) is 41.7 Å². The molecular formula is C29H32N6O3. The third kappa shape index (κ3) is 7.19. The number of pyridine rings is 1. The molecule has 0 spiro atoms. The van der Waals surface area contributed by atoms with Gasteiger partial charge in [0.15, 0.2) is 0 Å². The maximum Gasteiger partial charge on any atom is 0.324 e. The Hall–Kier alpha value is -4.66. The van der Waals surface area contributed by atoms with E-state index in [-0.39, 0.29) is 11.4 Å². The lowest BCUT2D eigenvalue weighted by atomic mass is 9.92. The third-order valence-corrected chi connectivity index (χ3v) is 5.78. The van der Waals surface area contributed by atoms with Gasteiger partial charge in [-0.2, -0.15) is 5.10 Å². The van der Waals surface area contributed by atoms with Gasteiger partial charge in [-0.15, -0.1) is 0 Å². The number of carbonyl (C=O) groups is 2. The summed E-state index contributed by atoms with van der Waals surface area (Å²) in [4.78, 5) is 27.5. The lowest BCUT2D eigenvalue weighted by Gasteiger charge is -2.14. The van der Waals surface area contributed by atoms with Gasteiger partial charge in [-0.1, -0.05) is 39.0 Å². The van der Waals surface area contributed by atoms with Crippen LogP contribution < -0.4 is 20.7 Å². The highest BCUT2D eigenvalue weighted by atomic mass is 16.5. The zero-order valence-corrected chi connectivity index (χ0v) is 21.8. The van der Waals surface area contributed by atoms with Crippen molar-refractivity contribution in [3.63, 3.8) is 0 Å². The summed E-state index contributed by atoms with van der Waals surface area (Å²) < 4.78 is 7.51. The average Bonchev–Trinajstić information content (AvgIpc) is 3.33. The van der Waals surface area contributed by atoms with Gasteiger partial charge in [0, 0.05) is 42.5 Å². The third-order valence-electron chi connectivity index (χ3n) is 5.78. The van der Waals surface area contributed by atoms with Crippen LogP contribution in [0.5, 0.6) is 5.75 Å². The number of amides is 3. The van der Waals surface area contributed by atoms with Crippen molar-refractivity contribution in [2.75, 3.05) is 17.2 Å². The van der Waals surface area contributed by atoms with Crippen molar-refractivity contribution < 1.29 is 14.3 Å². The Balaban J connectivity index is 1.40. The Morgan fingerprint density at radius 3 is 2.42 bits per heavy atom. The standard InChI is InChI=1S/C29H32N6O3/c1-29(2,3)26-17-27(35(34-26)24-10-6-22(7-11-24)19-31-20-36)33-28(37)32-23-8-12-25(13-9-23)38-16-14-21-5-4-15-30-18-21/h4-13,15,17-18,20H,14,16,19H2,1-3H3,(H,31,36)(H2,32,33,37). The van der Waals surface area contributed by atoms with Crippen molar-refractivity contribution in [1.29, 1.82) is 0 Å². The first-order valence-corrected chi connectivity index (χ1v) is 12.4. The van der Waals surface area contributed by atoms with Gasteiger partial charge >= 0.3 is 6.03 Å². The topological polar surface area (TPSA) is 110 Å². The second kappa shape index (κ2) is 12.1. The Morgan fingerprint density at radius 1 is 1.00 bits per heavy atom. The van der Waals surface area contributed by atoms with Crippen molar-refractivity contribution in [1.82, 2.24) is 20.1 Å². The molecule has 0 atom stereocenters. The molecule has 0 radical (unpaired) electrons. The van der Waals surface area contributed by atoms with E-state index >= 15 is 0 Å². The van der Waals surface area contributed by atoms with E-state index in [1.165, 1.54) is 0 Å². The van der Waals surface area contributed by atoms with Crippen LogP contribution >= 0.6 is 0 Å². The van der Waals surface area contributed by atoms with Crippen LogP contribution in [0.25, 0.3) is 5.69 Å². The average molecular weight is 513 g/mol. The van der Waals surface area contributed by atoms with E-state index in [4.69, 9.17) is 9.84 Å². The number of nitrogens with one attached hydrogen (secondary N) is 3. The fraction of sp³-hybridized carbons (Fsp3) is 0.241. The highest BCUT2D eigenvalue weighted by molar-refractivity contribution is 5.99. The van der Waals surface area contributed by atoms with Crippen LogP contribution in [-0.4, -0.2) is 33.8 Å². The van der Waals surface area contributed by atoms with Gasteiger partial charge in [0.2, 0.25) is 6.41 Å². The van der Waals surface area contributed by atoms with E-state index in [0.717, 1.165) is 34.7 Å². The molecule has 0 fully saturated rings. The normalized spacial score (nSPS) is 11.0. The van der Waals surface area contributed by atoms with Gasteiger partial charge in [0.1, 0.15) is 11.6 Å². The van der Waals surface area contributed by atoms with Crippen molar-refractivity contribution in [3.8, 4) is 11.4 Å². The summed E-state index contributed by atoms with van der Waals surface area (Å²) in [6, 6.07) is 20.3. The molecule has 196 valence electrons. The smallest absolute Gasteiger partial charge is 0.324 e. The summed E-state index contributed by atoms with van der Waals surface area (Å²) in [6.07, 6.45) is 5.01. The number of anilines is 2. The lowest BCUT2D eigenvalue weighted by molar-refractivity contribution is -0.109. The number of urea groups is 1. The molecule has 4 rings (SSSR count). The van der Waals surface area contributed by atoms with E-state index in [0.29, 0.717) is 31.1 Å². The summed E-state index contributed by atoms with van der Waals surface area (Å²) >= 11 is 0. The van der Waals surface area contributed by atoms with Crippen molar-refractivity contribution in [2.24, 2.45) is 0 Å². The van der Waals surface area contributed by atoms with Crippen molar-refractivity contribution >= 4 is 23.9 Å². The highest BCUT2D eigenvalue weighted by Gasteiger charge is 2.21. The minimum absolute atomic E-state index is 0.209. The van der Waals surface area contributed by atoms with Crippen LogP contribution in [0.15, 0.2) is 79.1 Å². The number of ether oxygens (including phenoxy) is 1. The van der Waals surface area contributed by atoms with Crippen LogP contribution in [0.1, 0.15) is 37.6 Å². The first-order valence-electron chi connectivity index (χ1n) is 12.4. The zero-order valence-electron chi connectivity index (χ0n) is 21.8. The number of hydrogen-bond acceptors (Lipinski definition) is 5. The highest BCUT2D eigenvalue weighted by Crippen LogP contribution is 2.27. The predicted octanol–water partition coefficient (Wildman–Crippen LogP) is 5.08. The molecular weight excluding hydrogens is 480 g/mol. The van der Waals surface area contributed by atoms with Crippen LogP contribution in [-0.2, 0) is 23.2 Å². The number of carbonyl (C=O) groups excluding carboxylic acids is 2. The van der Waals surface area contributed by atoms with E-state index in [1.807, 2.05) is 60.8 Å². The minimum Gasteiger partial charge on any atom is -0.493 e.